The number of halogens is 1. The third-order valence-corrected chi connectivity index (χ3v) is 9.26. The number of carbonyl (C=O) groups is 2. The van der Waals surface area contributed by atoms with Gasteiger partial charge in [0.05, 0.1) is 11.6 Å². The highest BCUT2D eigenvalue weighted by Crippen LogP contribution is 2.45. The van der Waals surface area contributed by atoms with Gasteiger partial charge < -0.3 is 14.3 Å². The van der Waals surface area contributed by atoms with E-state index in [1.54, 1.807) is 54.6 Å². The van der Waals surface area contributed by atoms with Crippen LogP contribution in [0.4, 0.5) is 9.52 Å². The number of aliphatic hydroxyl groups is 1. The van der Waals surface area contributed by atoms with Gasteiger partial charge in [0.2, 0.25) is 10.9 Å². The van der Waals surface area contributed by atoms with E-state index in [1.807, 2.05) is 42.5 Å². The zero-order valence-electron chi connectivity index (χ0n) is 23.3. The van der Waals surface area contributed by atoms with E-state index in [-0.39, 0.29) is 22.3 Å². The number of ether oxygens (including phenoxy) is 1. The normalized spacial score (nSPS) is 14.8. The molecule has 1 aliphatic heterocycles. The first-order chi connectivity index (χ1) is 21.9. The number of carbonyl (C=O) groups excluding carboxylic acids is 2. The van der Waals surface area contributed by atoms with Crippen LogP contribution in [0.15, 0.2) is 129 Å². The van der Waals surface area contributed by atoms with Gasteiger partial charge in [-0.3, -0.25) is 14.5 Å². The van der Waals surface area contributed by atoms with E-state index in [4.69, 9.17) is 9.15 Å². The summed E-state index contributed by atoms with van der Waals surface area (Å²) in [6.45, 7) is 0. The molecule has 7 rings (SSSR count). The minimum atomic E-state index is -1.06. The fourth-order valence-electron chi connectivity index (χ4n) is 5.03. The number of rotatable bonds is 9. The molecular formula is C34H22FN3O5S2. The van der Waals surface area contributed by atoms with Gasteiger partial charge in [0.1, 0.15) is 22.9 Å². The predicted molar refractivity (Wildman–Crippen MR) is 169 cm³/mol. The summed E-state index contributed by atoms with van der Waals surface area (Å²) in [6.07, 6.45) is 0. The van der Waals surface area contributed by atoms with Crippen LogP contribution in [0.3, 0.4) is 0 Å². The highest BCUT2D eigenvalue weighted by atomic mass is 32.2. The molecule has 1 amide bonds. The highest BCUT2D eigenvalue weighted by Gasteiger charge is 2.47. The van der Waals surface area contributed by atoms with E-state index >= 15 is 0 Å². The van der Waals surface area contributed by atoms with Gasteiger partial charge in [0, 0.05) is 11.1 Å². The van der Waals surface area contributed by atoms with E-state index in [0.29, 0.717) is 38.1 Å². The second-order valence-corrected chi connectivity index (χ2v) is 12.2. The maximum atomic E-state index is 14.0. The minimum absolute atomic E-state index is 0.0121. The molecule has 4 aromatic carbocycles. The molecule has 0 aliphatic carbocycles. The molecule has 0 unspecified atom stereocenters. The molecule has 1 atom stereocenters. The van der Waals surface area contributed by atoms with E-state index in [0.717, 1.165) is 16.9 Å². The smallest absolute Gasteiger partial charge is 0.296 e. The molecule has 2 aromatic heterocycles. The summed E-state index contributed by atoms with van der Waals surface area (Å²) < 4.78 is 25.8. The number of thioether (sulfide) groups is 1. The summed E-state index contributed by atoms with van der Waals surface area (Å²) in [5, 5.41) is 20.6. The van der Waals surface area contributed by atoms with Gasteiger partial charge in [0.15, 0.2) is 15.9 Å². The van der Waals surface area contributed by atoms with Crippen molar-refractivity contribution in [3.05, 3.63) is 143 Å². The van der Waals surface area contributed by atoms with Crippen molar-refractivity contribution in [2.24, 2.45) is 0 Å². The lowest BCUT2D eigenvalue weighted by atomic mass is 9.95. The summed E-state index contributed by atoms with van der Waals surface area (Å²) in [6, 6.07) is 30.0. The van der Waals surface area contributed by atoms with Crippen LogP contribution in [0.2, 0.25) is 0 Å². The lowest BCUT2D eigenvalue weighted by Crippen LogP contribution is -2.31. The van der Waals surface area contributed by atoms with Crippen molar-refractivity contribution >= 4 is 50.9 Å². The Morgan fingerprint density at radius 1 is 0.933 bits per heavy atom. The van der Waals surface area contributed by atoms with Gasteiger partial charge in [-0.05, 0) is 59.7 Å². The van der Waals surface area contributed by atoms with Crippen molar-refractivity contribution in [2.45, 2.75) is 16.1 Å². The lowest BCUT2D eigenvalue weighted by molar-refractivity contribution is -0.117. The zero-order chi connectivity index (χ0) is 30.9. The van der Waals surface area contributed by atoms with Crippen molar-refractivity contribution in [3.8, 4) is 11.5 Å². The molecule has 45 heavy (non-hydrogen) atoms. The zero-order valence-corrected chi connectivity index (χ0v) is 24.9. The molecular weight excluding hydrogens is 614 g/mol. The maximum Gasteiger partial charge on any atom is 0.296 e. The molecule has 1 aliphatic rings. The van der Waals surface area contributed by atoms with Gasteiger partial charge in [-0.25, -0.2) is 4.39 Å². The van der Waals surface area contributed by atoms with Crippen LogP contribution in [0, 0.1) is 5.82 Å². The van der Waals surface area contributed by atoms with E-state index in [1.165, 1.54) is 28.8 Å². The van der Waals surface area contributed by atoms with Crippen LogP contribution in [0.25, 0.3) is 11.0 Å². The number of amides is 1. The van der Waals surface area contributed by atoms with Crippen LogP contribution < -0.4 is 9.64 Å². The third-order valence-electron chi connectivity index (χ3n) is 7.13. The molecule has 6 aromatic rings. The molecule has 0 radical (unpaired) electrons. The summed E-state index contributed by atoms with van der Waals surface area (Å²) in [7, 11) is 0. The number of Topliss-reactive ketones (excluding diaryl/α,β-unsaturated/α-hetero) is 1. The molecule has 222 valence electrons. The summed E-state index contributed by atoms with van der Waals surface area (Å²) >= 11 is 2.52. The number of aliphatic hydroxyl groups excluding tert-OH is 1. The fraction of sp³-hybridized carbons (Fsp3) is 0.0588. The highest BCUT2D eigenvalue weighted by molar-refractivity contribution is 8.00. The Labute approximate surface area is 264 Å². The van der Waals surface area contributed by atoms with Gasteiger partial charge in [-0.2, -0.15) is 0 Å². The summed E-state index contributed by atoms with van der Waals surface area (Å²) in [5.41, 5.74) is 1.76. The number of fused-ring (bicyclic) bond motifs is 1. The molecule has 0 fully saturated rings. The average Bonchev–Trinajstić information content (AvgIpc) is 3.77. The summed E-state index contributed by atoms with van der Waals surface area (Å²) in [4.78, 5) is 29.0. The first-order valence-electron chi connectivity index (χ1n) is 13.8. The van der Waals surface area contributed by atoms with Gasteiger partial charge >= 0.3 is 0 Å². The van der Waals surface area contributed by atoms with Gasteiger partial charge in [0.25, 0.3) is 5.91 Å². The Morgan fingerprint density at radius 2 is 1.69 bits per heavy atom. The molecule has 0 bridgehead atoms. The van der Waals surface area contributed by atoms with Crippen LogP contribution in [-0.4, -0.2) is 27.0 Å². The number of aromatic nitrogens is 2. The van der Waals surface area contributed by atoms with Crippen LogP contribution in [-0.2, 0) is 10.5 Å². The van der Waals surface area contributed by atoms with Crippen molar-refractivity contribution in [2.75, 3.05) is 4.90 Å². The number of nitrogens with zero attached hydrogens (tertiary/aromatic N) is 3. The predicted octanol–water partition coefficient (Wildman–Crippen LogP) is 8.29. The molecule has 1 N–H and O–H groups in total. The number of ketones is 1. The quantitative estimate of drug-likeness (QED) is 0.0961. The van der Waals surface area contributed by atoms with Crippen molar-refractivity contribution in [1.29, 1.82) is 0 Å². The van der Waals surface area contributed by atoms with Crippen molar-refractivity contribution < 1.29 is 28.2 Å². The Morgan fingerprint density at radius 3 is 2.49 bits per heavy atom. The standard InChI is InChI=1S/C34H22FN3O5S2/c35-23-15-13-20(14-16-23)19-44-34-37-36-33(45-34)38-29(22-8-6-11-25(17-22)42-24-9-2-1-3-10-24)28(31(40)32(38)41)30(39)27-18-21-7-4-5-12-26(21)43-27/h1-18,29,40H,19H2/t29-/m1/s1. The average molecular weight is 636 g/mol. The van der Waals surface area contributed by atoms with Crippen molar-refractivity contribution in [3.63, 3.8) is 0 Å². The Kier molecular flexibility index (Phi) is 7.62. The van der Waals surface area contributed by atoms with Crippen LogP contribution in [0.5, 0.6) is 11.5 Å². The number of furan rings is 1. The first kappa shape index (κ1) is 28.5. The number of hydrogen-bond acceptors (Lipinski definition) is 9. The first-order valence-corrected chi connectivity index (χ1v) is 15.6. The largest absolute Gasteiger partial charge is 0.503 e. The number of para-hydroxylation sites is 2. The molecule has 0 saturated heterocycles. The second kappa shape index (κ2) is 12.0. The van der Waals surface area contributed by atoms with E-state index in [9.17, 15) is 19.1 Å². The second-order valence-electron chi connectivity index (χ2n) is 10.1. The molecule has 3 heterocycles. The molecule has 0 spiro atoms. The maximum absolute atomic E-state index is 14.0. The fourth-order valence-corrected chi connectivity index (χ4v) is 6.86. The number of benzene rings is 4. The molecule has 0 saturated carbocycles. The van der Waals surface area contributed by atoms with E-state index in [2.05, 4.69) is 10.2 Å². The monoisotopic (exact) mass is 635 g/mol. The summed E-state index contributed by atoms with van der Waals surface area (Å²) in [5.74, 6) is -0.866. The SMILES string of the molecule is O=C(C1=C(O)C(=O)N(c2nnc(SCc3ccc(F)cc3)s2)[C@@H]1c1cccc(Oc2ccccc2)c1)c1cc2ccccc2o1. The van der Waals surface area contributed by atoms with Crippen molar-refractivity contribution in [1.82, 2.24) is 10.2 Å². The van der Waals surface area contributed by atoms with Crippen LogP contribution in [0.1, 0.15) is 27.7 Å². The molecule has 8 nitrogen and oxygen atoms in total. The lowest BCUT2D eigenvalue weighted by Gasteiger charge is -2.24. The molecule has 11 heteroatoms. The Hall–Kier alpha value is -5.26. The third kappa shape index (κ3) is 5.70. The Balaban J connectivity index is 1.26. The minimum Gasteiger partial charge on any atom is -0.503 e. The van der Waals surface area contributed by atoms with Gasteiger partial charge in [-0.15, -0.1) is 10.2 Å². The van der Waals surface area contributed by atoms with E-state index < -0.39 is 23.5 Å². The number of anilines is 1. The number of hydrogen-bond donors (Lipinski definition) is 1. The Bertz CT molecular complexity index is 2040. The topological polar surface area (TPSA) is 106 Å². The van der Waals surface area contributed by atoms with Gasteiger partial charge in [-0.1, -0.05) is 83.8 Å². The van der Waals surface area contributed by atoms with Crippen LogP contribution >= 0.6 is 23.1 Å².